The van der Waals surface area contributed by atoms with Crippen molar-refractivity contribution in [3.63, 3.8) is 0 Å². The van der Waals surface area contributed by atoms with E-state index >= 15 is 0 Å². The molecule has 2 rings (SSSR count). The lowest BCUT2D eigenvalue weighted by Crippen LogP contribution is -2.58. The molecule has 0 bridgehead atoms. The fourth-order valence-electron chi connectivity index (χ4n) is 3.34. The van der Waals surface area contributed by atoms with Gasteiger partial charge in [0.2, 0.25) is 0 Å². The van der Waals surface area contributed by atoms with Crippen LogP contribution in [0.25, 0.3) is 0 Å². The predicted molar refractivity (Wildman–Crippen MR) is 88.9 cm³/mol. The molecular formula is C18H24N2O3. The summed E-state index contributed by atoms with van der Waals surface area (Å²) in [5.41, 5.74) is 5.66. The molecule has 0 saturated carbocycles. The van der Waals surface area contributed by atoms with Gasteiger partial charge in [0, 0.05) is 13.1 Å². The van der Waals surface area contributed by atoms with Gasteiger partial charge in [-0.05, 0) is 41.5 Å². The normalized spacial score (nSPS) is 21.3. The maximum Gasteiger partial charge on any atom is 0.263 e. The van der Waals surface area contributed by atoms with Gasteiger partial charge in [0.1, 0.15) is 5.76 Å². The van der Waals surface area contributed by atoms with Gasteiger partial charge in [-0.25, -0.2) is 5.43 Å². The molecule has 23 heavy (non-hydrogen) atoms. The van der Waals surface area contributed by atoms with E-state index in [-0.39, 0.29) is 11.7 Å². The molecular weight excluding hydrogens is 292 g/mol. The molecule has 0 saturated heterocycles. The van der Waals surface area contributed by atoms with E-state index in [1.165, 1.54) is 23.2 Å². The summed E-state index contributed by atoms with van der Waals surface area (Å²) in [6.07, 6.45) is 4.28. The zero-order valence-corrected chi connectivity index (χ0v) is 14.1. The molecule has 0 aromatic heterocycles. The van der Waals surface area contributed by atoms with Crippen molar-refractivity contribution in [2.24, 2.45) is 0 Å². The summed E-state index contributed by atoms with van der Waals surface area (Å²) in [5.74, 6) is -0.657. The van der Waals surface area contributed by atoms with E-state index in [0.29, 0.717) is 11.8 Å². The molecule has 1 unspecified atom stereocenters. The van der Waals surface area contributed by atoms with Gasteiger partial charge in [0.15, 0.2) is 11.8 Å². The number of aliphatic hydroxyl groups is 1. The number of benzene rings is 1. The van der Waals surface area contributed by atoms with Crippen LogP contribution in [-0.4, -0.2) is 29.4 Å². The topological polar surface area (TPSA) is 69.6 Å². The van der Waals surface area contributed by atoms with Crippen LogP contribution in [-0.2, 0) is 34.4 Å². The number of nitrogens with zero attached hydrogens (tertiary/aromatic N) is 1. The van der Waals surface area contributed by atoms with Crippen LogP contribution in [0.1, 0.15) is 43.0 Å². The quantitative estimate of drug-likeness (QED) is 0.817. The Morgan fingerprint density at radius 3 is 2.35 bits per heavy atom. The Hall–Kier alpha value is -2.14. The highest BCUT2D eigenvalue weighted by molar-refractivity contribution is 5.91. The summed E-state index contributed by atoms with van der Waals surface area (Å²) in [4.78, 5) is 23.7. The minimum Gasteiger partial charge on any atom is -0.509 e. The van der Waals surface area contributed by atoms with Gasteiger partial charge < -0.3 is 9.90 Å². The molecule has 0 spiro atoms. The van der Waals surface area contributed by atoms with E-state index in [0.717, 1.165) is 30.9 Å². The SMILES string of the molecule is CCc1ccc(C2(C=O)NN(C)C(=O)C=C2O)c(CC)c1CC. The molecule has 1 aliphatic heterocycles. The van der Waals surface area contributed by atoms with Crippen LogP contribution in [0, 0.1) is 0 Å². The van der Waals surface area contributed by atoms with Gasteiger partial charge in [-0.3, -0.25) is 9.80 Å². The number of amides is 1. The highest BCUT2D eigenvalue weighted by atomic mass is 16.3. The standard InChI is InChI=1S/C18H24N2O3/c1-5-12-8-9-15(14(7-3)13(12)6-2)18(11-21)16(22)10-17(23)20(4)19-18/h8-11,19,22H,5-7H2,1-4H3. The van der Waals surface area contributed by atoms with Crippen molar-refractivity contribution in [2.45, 2.75) is 45.6 Å². The van der Waals surface area contributed by atoms with Crippen molar-refractivity contribution in [2.75, 3.05) is 7.05 Å². The molecule has 2 N–H and O–H groups in total. The smallest absolute Gasteiger partial charge is 0.263 e. The third-order valence-electron chi connectivity index (χ3n) is 4.56. The first kappa shape index (κ1) is 17.2. The average Bonchev–Trinajstić information content (AvgIpc) is 2.56. The van der Waals surface area contributed by atoms with E-state index in [1.54, 1.807) is 0 Å². The fraction of sp³-hybridized carbons (Fsp3) is 0.444. The number of carbonyl (C=O) groups excluding carboxylic acids is 2. The van der Waals surface area contributed by atoms with E-state index in [2.05, 4.69) is 19.3 Å². The summed E-state index contributed by atoms with van der Waals surface area (Å²) in [5, 5.41) is 11.6. The second kappa shape index (κ2) is 6.54. The zero-order valence-electron chi connectivity index (χ0n) is 14.1. The average molecular weight is 316 g/mol. The number of hydrogen-bond donors (Lipinski definition) is 2. The third-order valence-corrected chi connectivity index (χ3v) is 4.56. The molecule has 1 atom stereocenters. The highest BCUT2D eigenvalue weighted by Gasteiger charge is 2.43. The first-order valence-corrected chi connectivity index (χ1v) is 8.02. The minimum absolute atomic E-state index is 0.267. The monoisotopic (exact) mass is 316 g/mol. The van der Waals surface area contributed by atoms with Gasteiger partial charge in [0.25, 0.3) is 5.91 Å². The van der Waals surface area contributed by atoms with E-state index in [9.17, 15) is 14.7 Å². The highest BCUT2D eigenvalue weighted by Crippen LogP contribution is 2.34. The second-order valence-corrected chi connectivity index (χ2v) is 5.75. The summed E-state index contributed by atoms with van der Waals surface area (Å²) in [6.45, 7) is 6.23. The molecule has 1 aromatic rings. The van der Waals surface area contributed by atoms with Crippen LogP contribution < -0.4 is 5.43 Å². The largest absolute Gasteiger partial charge is 0.509 e. The van der Waals surface area contributed by atoms with Crippen molar-refractivity contribution < 1.29 is 14.7 Å². The Labute approximate surface area is 137 Å². The van der Waals surface area contributed by atoms with Crippen LogP contribution in [0.3, 0.4) is 0 Å². The van der Waals surface area contributed by atoms with Crippen LogP contribution in [0.5, 0.6) is 0 Å². The van der Waals surface area contributed by atoms with E-state index < -0.39 is 5.54 Å². The maximum atomic E-state index is 12.0. The lowest BCUT2D eigenvalue weighted by molar-refractivity contribution is -0.133. The number of rotatable bonds is 5. The fourth-order valence-corrected chi connectivity index (χ4v) is 3.34. The first-order valence-electron chi connectivity index (χ1n) is 8.02. The summed E-state index contributed by atoms with van der Waals surface area (Å²) >= 11 is 0. The van der Waals surface area contributed by atoms with Gasteiger partial charge in [-0.2, -0.15) is 0 Å². The Balaban J connectivity index is 2.75. The van der Waals surface area contributed by atoms with E-state index in [4.69, 9.17) is 0 Å². The van der Waals surface area contributed by atoms with Crippen LogP contribution in [0.2, 0.25) is 0 Å². The third kappa shape index (κ3) is 2.65. The van der Waals surface area contributed by atoms with Gasteiger partial charge in [-0.15, -0.1) is 0 Å². The number of likely N-dealkylation sites (N-methyl/N-ethyl adjacent to an activating group) is 1. The van der Waals surface area contributed by atoms with E-state index in [1.807, 2.05) is 19.1 Å². The number of carbonyl (C=O) groups is 2. The lowest BCUT2D eigenvalue weighted by atomic mass is 9.80. The summed E-state index contributed by atoms with van der Waals surface area (Å²) < 4.78 is 0. The molecule has 0 aliphatic carbocycles. The Bertz CT molecular complexity index is 666. The predicted octanol–water partition coefficient (Wildman–Crippen LogP) is 2.19. The Kier molecular flexibility index (Phi) is 4.90. The van der Waals surface area contributed by atoms with Crippen molar-refractivity contribution in [1.29, 1.82) is 0 Å². The van der Waals surface area contributed by atoms with Crippen molar-refractivity contribution >= 4 is 12.2 Å². The van der Waals surface area contributed by atoms with Crippen LogP contribution in [0.15, 0.2) is 24.0 Å². The molecule has 1 aliphatic rings. The first-order chi connectivity index (χ1) is 10.9. The second-order valence-electron chi connectivity index (χ2n) is 5.75. The molecule has 5 heteroatoms. The molecule has 124 valence electrons. The number of hydrogen-bond acceptors (Lipinski definition) is 4. The number of hydrazine groups is 1. The Morgan fingerprint density at radius 1 is 1.17 bits per heavy atom. The molecule has 1 aromatic carbocycles. The molecule has 5 nitrogen and oxygen atoms in total. The maximum absolute atomic E-state index is 12.0. The van der Waals surface area contributed by atoms with Crippen molar-refractivity contribution in [3.05, 3.63) is 46.2 Å². The van der Waals surface area contributed by atoms with Crippen molar-refractivity contribution in [1.82, 2.24) is 10.4 Å². The minimum atomic E-state index is -1.41. The lowest BCUT2D eigenvalue weighted by Gasteiger charge is -2.38. The molecule has 0 fully saturated rings. The number of nitrogens with one attached hydrogen (secondary N) is 1. The van der Waals surface area contributed by atoms with Crippen molar-refractivity contribution in [3.8, 4) is 0 Å². The van der Waals surface area contributed by atoms with Crippen LogP contribution in [0.4, 0.5) is 0 Å². The van der Waals surface area contributed by atoms with Gasteiger partial charge >= 0.3 is 0 Å². The Morgan fingerprint density at radius 2 is 1.83 bits per heavy atom. The molecule has 1 amide bonds. The van der Waals surface area contributed by atoms with Gasteiger partial charge in [0.05, 0.1) is 0 Å². The summed E-state index contributed by atoms with van der Waals surface area (Å²) in [6, 6.07) is 3.88. The van der Waals surface area contributed by atoms with Crippen LogP contribution >= 0.6 is 0 Å². The zero-order chi connectivity index (χ0) is 17.2. The number of aryl methyl sites for hydroxylation is 1. The summed E-state index contributed by atoms with van der Waals surface area (Å²) in [7, 11) is 1.54. The molecule has 1 heterocycles. The number of aliphatic hydroxyl groups excluding tert-OH is 1. The molecule has 0 radical (unpaired) electrons. The number of aldehydes is 1. The van der Waals surface area contributed by atoms with Gasteiger partial charge in [-0.1, -0.05) is 32.9 Å².